The van der Waals surface area contributed by atoms with Crippen molar-refractivity contribution in [2.75, 3.05) is 11.9 Å². The van der Waals surface area contributed by atoms with E-state index in [2.05, 4.69) is 43.4 Å². The first-order chi connectivity index (χ1) is 10.2. The smallest absolute Gasteiger partial charge is 0.174 e. The van der Waals surface area contributed by atoms with E-state index < -0.39 is 0 Å². The third-order valence-corrected chi connectivity index (χ3v) is 3.25. The number of hydrogen-bond donors (Lipinski definition) is 1. The number of hydrogen-bond acceptors (Lipinski definition) is 3. The largest absolute Gasteiger partial charge is 0.479 e. The SMILES string of the molecule is CC(C)c1cccc(NCc2cccc(OCC#N)c2)c1. The lowest BCUT2D eigenvalue weighted by Crippen LogP contribution is -2.01. The first-order valence-electron chi connectivity index (χ1n) is 7.11. The zero-order valence-corrected chi connectivity index (χ0v) is 12.5. The van der Waals surface area contributed by atoms with Crippen molar-refractivity contribution in [2.45, 2.75) is 26.3 Å². The average molecular weight is 280 g/mol. The highest BCUT2D eigenvalue weighted by Gasteiger charge is 2.01. The van der Waals surface area contributed by atoms with Gasteiger partial charge in [-0.25, -0.2) is 0 Å². The number of nitrogens with one attached hydrogen (secondary N) is 1. The van der Waals surface area contributed by atoms with E-state index in [1.807, 2.05) is 30.3 Å². The molecule has 2 rings (SSSR count). The van der Waals surface area contributed by atoms with Crippen LogP contribution in [0.25, 0.3) is 0 Å². The van der Waals surface area contributed by atoms with E-state index >= 15 is 0 Å². The Morgan fingerprint density at radius 2 is 1.95 bits per heavy atom. The van der Waals surface area contributed by atoms with Crippen LogP contribution in [0.3, 0.4) is 0 Å². The van der Waals surface area contributed by atoms with E-state index in [0.717, 1.165) is 23.5 Å². The monoisotopic (exact) mass is 280 g/mol. The standard InChI is InChI=1S/C18H20N2O/c1-14(2)16-6-4-7-17(12-16)20-13-15-5-3-8-18(11-15)21-10-9-19/h3-8,11-12,14,20H,10,13H2,1-2H3. The topological polar surface area (TPSA) is 45.0 Å². The van der Waals surface area contributed by atoms with Crippen LogP contribution in [-0.2, 0) is 6.54 Å². The van der Waals surface area contributed by atoms with Gasteiger partial charge in [-0.1, -0.05) is 38.1 Å². The maximum Gasteiger partial charge on any atom is 0.174 e. The van der Waals surface area contributed by atoms with Crippen LogP contribution in [0.15, 0.2) is 48.5 Å². The molecule has 0 aliphatic heterocycles. The summed E-state index contributed by atoms with van der Waals surface area (Å²) in [5.41, 5.74) is 3.57. The van der Waals surface area contributed by atoms with Crippen LogP contribution >= 0.6 is 0 Å². The van der Waals surface area contributed by atoms with E-state index in [-0.39, 0.29) is 6.61 Å². The van der Waals surface area contributed by atoms with Gasteiger partial charge in [-0.05, 0) is 41.3 Å². The Kier molecular flexibility index (Phi) is 5.22. The molecule has 0 spiro atoms. The fourth-order valence-corrected chi connectivity index (χ4v) is 2.07. The van der Waals surface area contributed by atoms with Gasteiger partial charge in [-0.2, -0.15) is 5.26 Å². The molecule has 0 bridgehead atoms. The Bertz CT molecular complexity index is 629. The molecular formula is C18H20N2O. The molecule has 1 N–H and O–H groups in total. The van der Waals surface area contributed by atoms with Gasteiger partial charge >= 0.3 is 0 Å². The van der Waals surface area contributed by atoms with Crippen LogP contribution in [0.1, 0.15) is 30.9 Å². The summed E-state index contributed by atoms with van der Waals surface area (Å²) < 4.78 is 5.31. The average Bonchev–Trinajstić information content (AvgIpc) is 2.51. The fraction of sp³-hybridized carbons (Fsp3) is 0.278. The Balaban J connectivity index is 1.99. The van der Waals surface area contributed by atoms with E-state index in [1.54, 1.807) is 0 Å². The van der Waals surface area contributed by atoms with Crippen LogP contribution < -0.4 is 10.1 Å². The van der Waals surface area contributed by atoms with Crippen molar-refractivity contribution in [2.24, 2.45) is 0 Å². The summed E-state index contributed by atoms with van der Waals surface area (Å²) in [4.78, 5) is 0. The van der Waals surface area contributed by atoms with Gasteiger partial charge in [-0.3, -0.25) is 0 Å². The first kappa shape index (κ1) is 14.9. The lowest BCUT2D eigenvalue weighted by Gasteiger charge is -2.11. The molecule has 0 heterocycles. The summed E-state index contributed by atoms with van der Waals surface area (Å²) >= 11 is 0. The zero-order valence-electron chi connectivity index (χ0n) is 12.5. The van der Waals surface area contributed by atoms with E-state index in [1.165, 1.54) is 5.56 Å². The molecule has 0 radical (unpaired) electrons. The molecule has 0 saturated carbocycles. The third-order valence-electron chi connectivity index (χ3n) is 3.25. The van der Waals surface area contributed by atoms with Gasteiger partial charge in [0.2, 0.25) is 0 Å². The molecule has 108 valence electrons. The van der Waals surface area contributed by atoms with Gasteiger partial charge in [0, 0.05) is 12.2 Å². The quantitative estimate of drug-likeness (QED) is 0.856. The third kappa shape index (κ3) is 4.54. The van der Waals surface area contributed by atoms with Crippen LogP contribution in [0.2, 0.25) is 0 Å². The van der Waals surface area contributed by atoms with Crippen LogP contribution in [0, 0.1) is 11.3 Å². The Morgan fingerprint density at radius 1 is 1.14 bits per heavy atom. The Labute approximate surface area is 126 Å². The van der Waals surface area contributed by atoms with Crippen LogP contribution in [0.4, 0.5) is 5.69 Å². The van der Waals surface area contributed by atoms with Gasteiger partial charge in [0.15, 0.2) is 6.61 Å². The molecule has 0 saturated heterocycles. The van der Waals surface area contributed by atoms with Gasteiger partial charge in [-0.15, -0.1) is 0 Å². The molecule has 3 nitrogen and oxygen atoms in total. The van der Waals surface area contributed by atoms with Crippen LogP contribution in [-0.4, -0.2) is 6.61 Å². The highest BCUT2D eigenvalue weighted by molar-refractivity contribution is 5.47. The normalized spacial score (nSPS) is 10.2. The molecule has 2 aromatic carbocycles. The van der Waals surface area contributed by atoms with E-state index in [9.17, 15) is 0 Å². The van der Waals surface area contributed by atoms with Crippen LogP contribution in [0.5, 0.6) is 5.75 Å². The Morgan fingerprint density at radius 3 is 2.71 bits per heavy atom. The summed E-state index contributed by atoms with van der Waals surface area (Å²) in [6, 6.07) is 18.2. The predicted octanol–water partition coefficient (Wildman–Crippen LogP) is 4.32. The summed E-state index contributed by atoms with van der Waals surface area (Å²) in [7, 11) is 0. The summed E-state index contributed by atoms with van der Waals surface area (Å²) in [6.07, 6.45) is 0. The number of benzene rings is 2. The molecule has 0 aliphatic carbocycles. The maximum absolute atomic E-state index is 8.53. The minimum atomic E-state index is 0.0767. The number of nitrogens with zero attached hydrogens (tertiary/aromatic N) is 1. The molecule has 2 aromatic rings. The molecule has 0 atom stereocenters. The van der Waals surface area contributed by atoms with Crippen molar-refractivity contribution >= 4 is 5.69 Å². The second kappa shape index (κ2) is 7.35. The molecular weight excluding hydrogens is 260 g/mol. The molecule has 21 heavy (non-hydrogen) atoms. The second-order valence-corrected chi connectivity index (χ2v) is 5.23. The second-order valence-electron chi connectivity index (χ2n) is 5.23. The lowest BCUT2D eigenvalue weighted by atomic mass is 10.0. The lowest BCUT2D eigenvalue weighted by molar-refractivity contribution is 0.368. The molecule has 0 unspecified atom stereocenters. The summed E-state index contributed by atoms with van der Waals surface area (Å²) in [5.74, 6) is 1.25. The molecule has 0 aromatic heterocycles. The minimum Gasteiger partial charge on any atom is -0.479 e. The van der Waals surface area contributed by atoms with E-state index in [0.29, 0.717) is 5.92 Å². The number of ether oxygens (including phenoxy) is 1. The van der Waals surface area contributed by atoms with Gasteiger partial charge < -0.3 is 10.1 Å². The number of anilines is 1. The highest BCUT2D eigenvalue weighted by atomic mass is 16.5. The van der Waals surface area contributed by atoms with Crippen molar-refractivity contribution in [3.05, 3.63) is 59.7 Å². The van der Waals surface area contributed by atoms with Crippen molar-refractivity contribution in [1.82, 2.24) is 0 Å². The number of rotatable bonds is 6. The highest BCUT2D eigenvalue weighted by Crippen LogP contribution is 2.20. The fourth-order valence-electron chi connectivity index (χ4n) is 2.07. The number of nitriles is 1. The molecule has 0 fully saturated rings. The Hall–Kier alpha value is -2.47. The molecule has 3 heteroatoms. The zero-order chi connectivity index (χ0) is 15.1. The summed E-state index contributed by atoms with van der Waals surface area (Å²) in [6.45, 7) is 5.18. The predicted molar refractivity (Wildman–Crippen MR) is 85.4 cm³/mol. The van der Waals surface area contributed by atoms with Crippen molar-refractivity contribution < 1.29 is 4.74 Å². The summed E-state index contributed by atoms with van der Waals surface area (Å²) in [5, 5.41) is 12.0. The molecule has 0 amide bonds. The van der Waals surface area contributed by atoms with E-state index in [4.69, 9.17) is 10.00 Å². The molecule has 0 aliphatic rings. The first-order valence-corrected chi connectivity index (χ1v) is 7.11. The van der Waals surface area contributed by atoms with Gasteiger partial charge in [0.1, 0.15) is 11.8 Å². The van der Waals surface area contributed by atoms with Gasteiger partial charge in [0.25, 0.3) is 0 Å². The minimum absolute atomic E-state index is 0.0767. The van der Waals surface area contributed by atoms with Crippen molar-refractivity contribution in [1.29, 1.82) is 5.26 Å². The van der Waals surface area contributed by atoms with Crippen molar-refractivity contribution in [3.63, 3.8) is 0 Å². The van der Waals surface area contributed by atoms with Gasteiger partial charge in [0.05, 0.1) is 0 Å². The maximum atomic E-state index is 8.53. The van der Waals surface area contributed by atoms with Crippen molar-refractivity contribution in [3.8, 4) is 11.8 Å².